The second kappa shape index (κ2) is 5.27. The summed E-state index contributed by atoms with van der Waals surface area (Å²) in [5.41, 5.74) is 0.277. The van der Waals surface area contributed by atoms with Gasteiger partial charge in [0, 0.05) is 34.8 Å². The molecule has 0 aliphatic carbocycles. The van der Waals surface area contributed by atoms with Crippen molar-refractivity contribution < 1.29 is 9.90 Å². The molecule has 3 aromatic rings. The predicted molar refractivity (Wildman–Crippen MR) is 84.4 cm³/mol. The molecule has 0 aliphatic rings. The number of halogens is 1. The molecule has 0 aliphatic heterocycles. The molecule has 0 fully saturated rings. The lowest BCUT2D eigenvalue weighted by Gasteiger charge is -2.13. The van der Waals surface area contributed by atoms with Gasteiger partial charge in [-0.3, -0.25) is 9.36 Å². The van der Waals surface area contributed by atoms with Gasteiger partial charge >= 0.3 is 5.97 Å². The van der Waals surface area contributed by atoms with E-state index in [2.05, 4.69) is 4.98 Å². The molecule has 3 rings (SSSR count). The number of carbonyl (C=O) groups is 1. The van der Waals surface area contributed by atoms with Gasteiger partial charge in [0.15, 0.2) is 0 Å². The van der Waals surface area contributed by atoms with E-state index in [0.29, 0.717) is 27.2 Å². The quantitative estimate of drug-likeness (QED) is 0.789. The zero-order valence-electron chi connectivity index (χ0n) is 11.6. The highest BCUT2D eigenvalue weighted by Gasteiger charge is 2.23. The summed E-state index contributed by atoms with van der Waals surface area (Å²) in [5.74, 6) is -1.29. The van der Waals surface area contributed by atoms with Crippen molar-refractivity contribution in [3.63, 3.8) is 0 Å². The van der Waals surface area contributed by atoms with Crippen LogP contribution < -0.4 is 5.56 Å². The van der Waals surface area contributed by atoms with Gasteiger partial charge in [-0.15, -0.1) is 0 Å². The number of aromatic nitrogens is 2. The number of fused-ring (bicyclic) bond motifs is 1. The molecule has 5 nitrogen and oxygen atoms in total. The largest absolute Gasteiger partial charge is 0.477 e. The Labute approximate surface area is 130 Å². The number of pyridine rings is 2. The van der Waals surface area contributed by atoms with Crippen molar-refractivity contribution in [3.8, 4) is 11.1 Å². The summed E-state index contributed by atoms with van der Waals surface area (Å²) in [5, 5.41) is 10.4. The summed E-state index contributed by atoms with van der Waals surface area (Å²) in [6, 6.07) is 10.3. The molecule has 1 N–H and O–H groups in total. The zero-order chi connectivity index (χ0) is 15.9. The minimum atomic E-state index is -1.29. The van der Waals surface area contributed by atoms with Crippen LogP contribution in [0.1, 0.15) is 10.4 Å². The maximum absolute atomic E-state index is 12.4. The molecule has 0 unspecified atom stereocenters. The smallest absolute Gasteiger partial charge is 0.342 e. The van der Waals surface area contributed by atoms with Crippen LogP contribution in [0.4, 0.5) is 0 Å². The minimum Gasteiger partial charge on any atom is -0.477 e. The van der Waals surface area contributed by atoms with Crippen LogP contribution in [0, 0.1) is 0 Å². The van der Waals surface area contributed by atoms with Gasteiger partial charge < -0.3 is 5.11 Å². The first-order valence-corrected chi connectivity index (χ1v) is 6.86. The van der Waals surface area contributed by atoms with Gasteiger partial charge in [0.2, 0.25) is 0 Å². The molecule has 2 aromatic heterocycles. The lowest BCUT2D eigenvalue weighted by molar-refractivity contribution is 0.0695. The summed E-state index contributed by atoms with van der Waals surface area (Å²) in [6.07, 6.45) is 1.55. The van der Waals surface area contributed by atoms with E-state index in [4.69, 9.17) is 11.6 Å². The molecule has 2 heterocycles. The molecular formula is C16H11ClN2O3. The molecule has 22 heavy (non-hydrogen) atoms. The maximum atomic E-state index is 12.4. The molecule has 0 saturated heterocycles. The Hall–Kier alpha value is -2.66. The van der Waals surface area contributed by atoms with Gasteiger partial charge in [-0.05, 0) is 18.2 Å². The number of nitrogens with zero attached hydrogens (tertiary/aromatic N) is 2. The van der Waals surface area contributed by atoms with E-state index in [1.54, 1.807) is 42.6 Å². The normalized spacial score (nSPS) is 10.8. The van der Waals surface area contributed by atoms with E-state index in [9.17, 15) is 14.7 Å². The van der Waals surface area contributed by atoms with Crippen molar-refractivity contribution in [1.82, 2.24) is 9.55 Å². The van der Waals surface area contributed by atoms with Crippen LogP contribution in [0.5, 0.6) is 0 Å². The maximum Gasteiger partial charge on any atom is 0.342 e. The van der Waals surface area contributed by atoms with Crippen molar-refractivity contribution in [2.45, 2.75) is 0 Å². The average molecular weight is 315 g/mol. The Morgan fingerprint density at radius 3 is 2.64 bits per heavy atom. The third-order valence-corrected chi connectivity index (χ3v) is 3.83. The van der Waals surface area contributed by atoms with Crippen molar-refractivity contribution in [2.24, 2.45) is 7.05 Å². The number of aryl methyl sites for hydroxylation is 1. The first kappa shape index (κ1) is 14.3. The van der Waals surface area contributed by atoms with Crippen LogP contribution in [0.15, 0.2) is 47.4 Å². The summed E-state index contributed by atoms with van der Waals surface area (Å²) < 4.78 is 1.24. The van der Waals surface area contributed by atoms with Gasteiger partial charge in [-0.25, -0.2) is 9.78 Å². The van der Waals surface area contributed by atoms with E-state index in [1.165, 1.54) is 11.6 Å². The van der Waals surface area contributed by atoms with Crippen LogP contribution >= 0.6 is 11.6 Å². The van der Waals surface area contributed by atoms with Crippen LogP contribution in [-0.2, 0) is 7.05 Å². The van der Waals surface area contributed by atoms with Crippen molar-refractivity contribution >= 4 is 28.6 Å². The topological polar surface area (TPSA) is 72.2 Å². The van der Waals surface area contributed by atoms with Gasteiger partial charge in [-0.1, -0.05) is 29.8 Å². The van der Waals surface area contributed by atoms with E-state index in [1.807, 2.05) is 0 Å². The Morgan fingerprint density at radius 1 is 1.23 bits per heavy atom. The lowest BCUT2D eigenvalue weighted by Crippen LogP contribution is -2.26. The monoisotopic (exact) mass is 314 g/mol. The van der Waals surface area contributed by atoms with E-state index >= 15 is 0 Å². The van der Waals surface area contributed by atoms with Gasteiger partial charge in [-0.2, -0.15) is 0 Å². The molecule has 0 atom stereocenters. The highest BCUT2D eigenvalue weighted by molar-refractivity contribution is 6.34. The molecule has 0 radical (unpaired) electrons. The number of hydrogen-bond acceptors (Lipinski definition) is 3. The second-order valence-electron chi connectivity index (χ2n) is 4.77. The number of hydrogen-bond donors (Lipinski definition) is 1. The summed E-state index contributed by atoms with van der Waals surface area (Å²) >= 11 is 6.21. The fourth-order valence-electron chi connectivity index (χ4n) is 2.51. The van der Waals surface area contributed by atoms with Crippen LogP contribution in [0.25, 0.3) is 22.2 Å². The van der Waals surface area contributed by atoms with Crippen LogP contribution in [0.3, 0.4) is 0 Å². The van der Waals surface area contributed by atoms with Crippen LogP contribution in [0.2, 0.25) is 5.02 Å². The van der Waals surface area contributed by atoms with Crippen molar-refractivity contribution in [2.75, 3.05) is 0 Å². The minimum absolute atomic E-state index is 0.296. The van der Waals surface area contributed by atoms with Crippen molar-refractivity contribution in [3.05, 3.63) is 63.5 Å². The fraction of sp³-hybridized carbons (Fsp3) is 0.0625. The third-order valence-electron chi connectivity index (χ3n) is 3.50. The van der Waals surface area contributed by atoms with Crippen molar-refractivity contribution in [1.29, 1.82) is 0 Å². The number of rotatable bonds is 2. The van der Waals surface area contributed by atoms with Crippen LogP contribution in [-0.4, -0.2) is 20.6 Å². The number of carboxylic acids is 1. The zero-order valence-corrected chi connectivity index (χ0v) is 12.3. The summed E-state index contributed by atoms with van der Waals surface area (Å²) in [6.45, 7) is 0. The molecule has 0 spiro atoms. The van der Waals surface area contributed by atoms with Gasteiger partial charge in [0.05, 0.1) is 0 Å². The van der Waals surface area contributed by atoms with E-state index in [-0.39, 0.29) is 5.56 Å². The Morgan fingerprint density at radius 2 is 1.95 bits per heavy atom. The average Bonchev–Trinajstić information content (AvgIpc) is 2.51. The number of carboxylic acid groups (broad SMARTS) is 1. The number of aromatic carboxylic acids is 1. The molecule has 0 bridgehead atoms. The molecule has 0 amide bonds. The fourth-order valence-corrected chi connectivity index (χ4v) is 2.74. The Balaban J connectivity index is 2.60. The number of benzene rings is 1. The second-order valence-corrected chi connectivity index (χ2v) is 5.18. The molecule has 110 valence electrons. The van der Waals surface area contributed by atoms with Gasteiger partial charge in [0.25, 0.3) is 5.56 Å². The van der Waals surface area contributed by atoms with Gasteiger partial charge in [0.1, 0.15) is 11.2 Å². The highest BCUT2D eigenvalue weighted by atomic mass is 35.5. The molecular weight excluding hydrogens is 304 g/mol. The lowest BCUT2D eigenvalue weighted by atomic mass is 9.97. The van der Waals surface area contributed by atoms with E-state index in [0.717, 1.165) is 0 Å². The molecule has 6 heteroatoms. The molecule has 1 aromatic carbocycles. The Kier molecular flexibility index (Phi) is 3.42. The summed E-state index contributed by atoms with van der Waals surface area (Å²) in [7, 11) is 1.50. The standard InChI is InChI=1S/C16H11ClN2O3/c1-19-14-10(6-4-8-18-14)12(13(15(19)20)16(21)22)9-5-2-3-7-11(9)17/h2-8H,1H3,(H,21,22). The Bertz CT molecular complexity index is 963. The summed E-state index contributed by atoms with van der Waals surface area (Å²) in [4.78, 5) is 28.3. The first-order valence-electron chi connectivity index (χ1n) is 6.48. The SMILES string of the molecule is Cn1c(=O)c(C(=O)O)c(-c2ccccc2Cl)c2cccnc21. The molecule has 0 saturated carbocycles. The third kappa shape index (κ3) is 2.07. The van der Waals surface area contributed by atoms with E-state index < -0.39 is 11.5 Å². The highest BCUT2D eigenvalue weighted by Crippen LogP contribution is 2.34. The first-order chi connectivity index (χ1) is 10.5. The predicted octanol–water partition coefficient (Wildman–Crippen LogP) is 2.95.